The molecule has 0 bridgehead atoms. The normalized spacial score (nSPS) is 15.4. The van der Waals surface area contributed by atoms with E-state index >= 15 is 0 Å². The Labute approximate surface area is 192 Å². The van der Waals surface area contributed by atoms with E-state index in [1.54, 1.807) is 17.9 Å². The van der Waals surface area contributed by atoms with Gasteiger partial charge in [0.25, 0.3) is 5.56 Å². The van der Waals surface area contributed by atoms with Crippen molar-refractivity contribution < 1.29 is 9.84 Å². The molecular formula is C24H33N5O4. The SMILES string of the molecule is Cn1c(=O)c2c(ncn2CCCNCC(O)COc2cccc(C3CCCC3)c2)n(C)c1=O. The molecule has 1 unspecified atom stereocenters. The zero-order chi connectivity index (χ0) is 23.4. The highest BCUT2D eigenvalue weighted by atomic mass is 16.5. The lowest BCUT2D eigenvalue weighted by molar-refractivity contribution is 0.106. The van der Waals surface area contributed by atoms with Gasteiger partial charge in [0.1, 0.15) is 18.5 Å². The molecule has 2 aromatic heterocycles. The molecule has 0 radical (unpaired) electrons. The topological polar surface area (TPSA) is 103 Å². The zero-order valence-corrected chi connectivity index (χ0v) is 19.4. The Morgan fingerprint density at radius 3 is 2.79 bits per heavy atom. The first kappa shape index (κ1) is 23.3. The van der Waals surface area contributed by atoms with E-state index in [4.69, 9.17) is 4.74 Å². The maximum Gasteiger partial charge on any atom is 0.332 e. The predicted molar refractivity (Wildman–Crippen MR) is 127 cm³/mol. The Morgan fingerprint density at radius 1 is 1.21 bits per heavy atom. The molecule has 1 saturated carbocycles. The van der Waals surface area contributed by atoms with Crippen LogP contribution in [0.2, 0.25) is 0 Å². The summed E-state index contributed by atoms with van der Waals surface area (Å²) in [6.07, 6.45) is 6.81. The second-order valence-corrected chi connectivity index (χ2v) is 8.89. The molecule has 1 aliphatic rings. The number of nitrogens with zero attached hydrogens (tertiary/aromatic N) is 4. The van der Waals surface area contributed by atoms with Gasteiger partial charge in [-0.15, -0.1) is 0 Å². The minimum absolute atomic E-state index is 0.233. The Bertz CT molecular complexity index is 1210. The number of aromatic nitrogens is 4. The third kappa shape index (κ3) is 5.20. The third-order valence-corrected chi connectivity index (χ3v) is 6.48. The summed E-state index contributed by atoms with van der Waals surface area (Å²) in [5.41, 5.74) is 1.41. The predicted octanol–water partition coefficient (Wildman–Crippen LogP) is 1.51. The standard InChI is InChI=1S/C24H33N5O4/c1-27-22-21(23(31)28(2)24(27)32)29(16-26-22)12-6-11-25-14-19(30)15-33-20-10-5-9-18(13-20)17-7-3-4-8-17/h5,9-10,13,16-17,19,25,30H,3-4,6-8,11-12,14-15H2,1-2H3. The van der Waals surface area contributed by atoms with Gasteiger partial charge in [-0.1, -0.05) is 25.0 Å². The number of imidazole rings is 1. The number of aliphatic hydroxyl groups is 1. The highest BCUT2D eigenvalue weighted by Crippen LogP contribution is 2.35. The molecular weight excluding hydrogens is 422 g/mol. The van der Waals surface area contributed by atoms with Crippen LogP contribution < -0.4 is 21.3 Å². The van der Waals surface area contributed by atoms with Gasteiger partial charge < -0.3 is 19.7 Å². The number of benzene rings is 1. The Balaban J connectivity index is 1.21. The largest absolute Gasteiger partial charge is 0.491 e. The van der Waals surface area contributed by atoms with Crippen LogP contribution in [0.15, 0.2) is 40.2 Å². The average molecular weight is 456 g/mol. The van der Waals surface area contributed by atoms with E-state index in [2.05, 4.69) is 22.4 Å². The van der Waals surface area contributed by atoms with Gasteiger partial charge in [-0.3, -0.25) is 13.9 Å². The second-order valence-electron chi connectivity index (χ2n) is 8.89. The second kappa shape index (κ2) is 10.4. The van der Waals surface area contributed by atoms with Crippen LogP contribution >= 0.6 is 0 Å². The van der Waals surface area contributed by atoms with E-state index in [9.17, 15) is 14.7 Å². The van der Waals surface area contributed by atoms with Crippen molar-refractivity contribution in [1.29, 1.82) is 0 Å². The Hall–Kier alpha value is -2.91. The van der Waals surface area contributed by atoms with Crippen LogP contribution in [0.4, 0.5) is 0 Å². The third-order valence-electron chi connectivity index (χ3n) is 6.48. The Morgan fingerprint density at radius 2 is 2.00 bits per heavy atom. The van der Waals surface area contributed by atoms with Gasteiger partial charge in [0, 0.05) is 27.2 Å². The monoisotopic (exact) mass is 455 g/mol. The summed E-state index contributed by atoms with van der Waals surface area (Å²) in [6, 6.07) is 8.23. The molecule has 0 saturated heterocycles. The van der Waals surface area contributed by atoms with Gasteiger partial charge >= 0.3 is 5.69 Å². The lowest BCUT2D eigenvalue weighted by Crippen LogP contribution is -2.37. The number of aliphatic hydroxyl groups excluding tert-OH is 1. The van der Waals surface area contributed by atoms with Crippen molar-refractivity contribution in [3.8, 4) is 5.75 Å². The molecule has 3 aromatic rings. The van der Waals surface area contributed by atoms with Crippen molar-refractivity contribution >= 4 is 11.2 Å². The van der Waals surface area contributed by atoms with Gasteiger partial charge in [-0.25, -0.2) is 9.78 Å². The first-order valence-corrected chi connectivity index (χ1v) is 11.7. The molecule has 33 heavy (non-hydrogen) atoms. The summed E-state index contributed by atoms with van der Waals surface area (Å²) in [5.74, 6) is 1.44. The summed E-state index contributed by atoms with van der Waals surface area (Å²) in [5, 5.41) is 13.5. The summed E-state index contributed by atoms with van der Waals surface area (Å²) in [6.45, 7) is 1.90. The number of aryl methyl sites for hydroxylation is 2. The molecule has 2 N–H and O–H groups in total. The fourth-order valence-corrected chi connectivity index (χ4v) is 4.58. The molecule has 0 spiro atoms. The van der Waals surface area contributed by atoms with Crippen LogP contribution in [0.5, 0.6) is 5.75 Å². The molecule has 2 heterocycles. The van der Waals surface area contributed by atoms with Crippen molar-refractivity contribution in [1.82, 2.24) is 24.0 Å². The van der Waals surface area contributed by atoms with Gasteiger partial charge in [0.2, 0.25) is 0 Å². The smallest absolute Gasteiger partial charge is 0.332 e. The minimum Gasteiger partial charge on any atom is -0.491 e. The highest BCUT2D eigenvalue weighted by molar-refractivity contribution is 5.69. The molecule has 1 aromatic carbocycles. The fourth-order valence-electron chi connectivity index (χ4n) is 4.58. The number of hydrogen-bond acceptors (Lipinski definition) is 6. The summed E-state index contributed by atoms with van der Waals surface area (Å²) >= 11 is 0. The van der Waals surface area contributed by atoms with Crippen molar-refractivity contribution in [3.63, 3.8) is 0 Å². The van der Waals surface area contributed by atoms with Crippen molar-refractivity contribution in [2.45, 2.75) is 50.7 Å². The van der Waals surface area contributed by atoms with E-state index < -0.39 is 6.10 Å². The number of rotatable bonds is 10. The van der Waals surface area contributed by atoms with Gasteiger partial charge in [-0.2, -0.15) is 0 Å². The number of fused-ring (bicyclic) bond motifs is 1. The Kier molecular flexibility index (Phi) is 7.29. The number of nitrogens with one attached hydrogen (secondary N) is 1. The molecule has 178 valence electrons. The molecule has 1 fully saturated rings. The zero-order valence-electron chi connectivity index (χ0n) is 19.4. The lowest BCUT2D eigenvalue weighted by atomic mass is 9.98. The molecule has 1 atom stereocenters. The quantitative estimate of drug-likeness (QED) is 0.449. The molecule has 9 heteroatoms. The van der Waals surface area contributed by atoms with Crippen molar-refractivity contribution in [2.24, 2.45) is 14.1 Å². The highest BCUT2D eigenvalue weighted by Gasteiger charge is 2.17. The molecule has 1 aliphatic carbocycles. The van der Waals surface area contributed by atoms with E-state index in [-0.39, 0.29) is 17.9 Å². The molecule has 4 rings (SSSR count). The van der Waals surface area contributed by atoms with Gasteiger partial charge in [-0.05, 0) is 49.4 Å². The first-order chi connectivity index (χ1) is 16.0. The van der Waals surface area contributed by atoms with Gasteiger partial charge in [0.15, 0.2) is 11.2 Å². The molecule has 9 nitrogen and oxygen atoms in total. The van der Waals surface area contributed by atoms with E-state index in [1.165, 1.54) is 42.9 Å². The maximum atomic E-state index is 12.5. The van der Waals surface area contributed by atoms with E-state index in [0.29, 0.717) is 36.7 Å². The van der Waals surface area contributed by atoms with Crippen LogP contribution in [0.1, 0.15) is 43.6 Å². The summed E-state index contributed by atoms with van der Waals surface area (Å²) < 4.78 is 10.1. The summed E-state index contributed by atoms with van der Waals surface area (Å²) in [7, 11) is 3.08. The van der Waals surface area contributed by atoms with E-state index in [0.717, 1.165) is 16.7 Å². The first-order valence-electron chi connectivity index (χ1n) is 11.7. The lowest BCUT2D eigenvalue weighted by Gasteiger charge is -2.15. The minimum atomic E-state index is -0.615. The van der Waals surface area contributed by atoms with Crippen LogP contribution in [-0.4, -0.2) is 49.6 Å². The van der Waals surface area contributed by atoms with Crippen molar-refractivity contribution in [3.05, 3.63) is 57.0 Å². The van der Waals surface area contributed by atoms with E-state index in [1.807, 2.05) is 12.1 Å². The van der Waals surface area contributed by atoms with Crippen LogP contribution in [0.3, 0.4) is 0 Å². The van der Waals surface area contributed by atoms with Gasteiger partial charge in [0.05, 0.1) is 6.33 Å². The molecule has 0 amide bonds. The summed E-state index contributed by atoms with van der Waals surface area (Å²) in [4.78, 5) is 28.7. The molecule has 0 aliphatic heterocycles. The fraction of sp³-hybridized carbons (Fsp3) is 0.542. The maximum absolute atomic E-state index is 12.5. The number of hydrogen-bond donors (Lipinski definition) is 2. The average Bonchev–Trinajstić information content (AvgIpc) is 3.51. The van der Waals surface area contributed by atoms with Crippen molar-refractivity contribution in [2.75, 3.05) is 19.7 Å². The van der Waals surface area contributed by atoms with Crippen LogP contribution in [0.25, 0.3) is 11.2 Å². The van der Waals surface area contributed by atoms with Crippen LogP contribution in [-0.2, 0) is 20.6 Å². The number of ether oxygens (including phenoxy) is 1. The van der Waals surface area contributed by atoms with Crippen LogP contribution in [0, 0.1) is 0 Å².